The summed E-state index contributed by atoms with van der Waals surface area (Å²) in [7, 11) is 0. The Morgan fingerprint density at radius 2 is 2.31 bits per heavy atom. The SMILES string of the molecule is Cc1cc(N)ccc1C(=O)Nc1cn[nH]c1. The summed E-state index contributed by atoms with van der Waals surface area (Å²) in [6.45, 7) is 1.85. The highest BCUT2D eigenvalue weighted by molar-refractivity contribution is 6.05. The maximum absolute atomic E-state index is 11.9. The van der Waals surface area contributed by atoms with E-state index >= 15 is 0 Å². The van der Waals surface area contributed by atoms with Gasteiger partial charge < -0.3 is 11.1 Å². The van der Waals surface area contributed by atoms with E-state index in [9.17, 15) is 4.79 Å². The first-order valence-corrected chi connectivity index (χ1v) is 4.83. The van der Waals surface area contributed by atoms with Gasteiger partial charge in [-0.1, -0.05) is 0 Å². The third kappa shape index (κ3) is 2.03. The number of benzene rings is 1. The van der Waals surface area contributed by atoms with Gasteiger partial charge in [0, 0.05) is 17.4 Å². The molecule has 0 bridgehead atoms. The fourth-order valence-electron chi connectivity index (χ4n) is 1.46. The molecule has 0 spiro atoms. The second kappa shape index (κ2) is 4.06. The number of carbonyl (C=O) groups is 1. The number of aromatic nitrogens is 2. The van der Waals surface area contributed by atoms with Gasteiger partial charge in [-0.15, -0.1) is 0 Å². The van der Waals surface area contributed by atoms with Gasteiger partial charge in [0.25, 0.3) is 5.91 Å². The quantitative estimate of drug-likeness (QED) is 0.666. The van der Waals surface area contributed by atoms with Crippen LogP contribution in [-0.2, 0) is 0 Å². The average Bonchev–Trinajstić information content (AvgIpc) is 2.70. The van der Waals surface area contributed by atoms with Crippen molar-refractivity contribution in [1.82, 2.24) is 10.2 Å². The van der Waals surface area contributed by atoms with Crippen molar-refractivity contribution < 1.29 is 4.79 Å². The fourth-order valence-corrected chi connectivity index (χ4v) is 1.46. The maximum Gasteiger partial charge on any atom is 0.256 e. The zero-order chi connectivity index (χ0) is 11.5. The lowest BCUT2D eigenvalue weighted by molar-refractivity contribution is 0.102. The van der Waals surface area contributed by atoms with Crippen LogP contribution in [0.2, 0.25) is 0 Å². The number of nitrogen functional groups attached to an aromatic ring is 1. The molecule has 5 nitrogen and oxygen atoms in total. The Morgan fingerprint density at radius 3 is 2.94 bits per heavy atom. The molecule has 5 heteroatoms. The predicted molar refractivity (Wildman–Crippen MR) is 62.1 cm³/mol. The Morgan fingerprint density at radius 1 is 1.50 bits per heavy atom. The van der Waals surface area contributed by atoms with Crippen LogP contribution in [0.3, 0.4) is 0 Å². The summed E-state index contributed by atoms with van der Waals surface area (Å²) < 4.78 is 0. The molecule has 0 saturated heterocycles. The van der Waals surface area contributed by atoms with Crippen LogP contribution in [0.4, 0.5) is 11.4 Å². The van der Waals surface area contributed by atoms with Crippen molar-refractivity contribution in [3.63, 3.8) is 0 Å². The molecule has 1 aromatic carbocycles. The van der Waals surface area contributed by atoms with E-state index in [0.717, 1.165) is 5.56 Å². The molecule has 2 rings (SSSR count). The summed E-state index contributed by atoms with van der Waals surface area (Å²) >= 11 is 0. The normalized spacial score (nSPS) is 10.1. The number of nitrogens with one attached hydrogen (secondary N) is 2. The van der Waals surface area contributed by atoms with E-state index in [-0.39, 0.29) is 5.91 Å². The molecular formula is C11H12N4O. The van der Waals surface area contributed by atoms with Gasteiger partial charge >= 0.3 is 0 Å². The monoisotopic (exact) mass is 216 g/mol. The van der Waals surface area contributed by atoms with Gasteiger partial charge in [0.15, 0.2) is 0 Å². The fraction of sp³-hybridized carbons (Fsp3) is 0.0909. The molecule has 82 valence electrons. The van der Waals surface area contributed by atoms with Crippen molar-refractivity contribution >= 4 is 17.3 Å². The molecule has 1 heterocycles. The molecule has 0 saturated carbocycles. The first kappa shape index (κ1) is 10.2. The molecule has 4 N–H and O–H groups in total. The van der Waals surface area contributed by atoms with Gasteiger partial charge in [0.1, 0.15) is 0 Å². The minimum Gasteiger partial charge on any atom is -0.399 e. The zero-order valence-electron chi connectivity index (χ0n) is 8.82. The summed E-state index contributed by atoms with van der Waals surface area (Å²) in [6, 6.07) is 5.18. The number of hydrogen-bond donors (Lipinski definition) is 3. The number of aryl methyl sites for hydroxylation is 1. The molecule has 1 aromatic heterocycles. The first-order chi connectivity index (χ1) is 7.66. The van der Waals surface area contributed by atoms with Crippen LogP contribution >= 0.6 is 0 Å². The van der Waals surface area contributed by atoms with Crippen molar-refractivity contribution in [2.75, 3.05) is 11.1 Å². The number of rotatable bonds is 2. The first-order valence-electron chi connectivity index (χ1n) is 4.83. The number of aromatic amines is 1. The third-order valence-corrected chi connectivity index (χ3v) is 2.25. The second-order valence-electron chi connectivity index (χ2n) is 3.52. The molecule has 2 aromatic rings. The third-order valence-electron chi connectivity index (χ3n) is 2.25. The highest BCUT2D eigenvalue weighted by Crippen LogP contribution is 2.14. The number of nitrogens with two attached hydrogens (primary N) is 1. The van der Waals surface area contributed by atoms with Crippen molar-refractivity contribution in [2.24, 2.45) is 0 Å². The van der Waals surface area contributed by atoms with E-state index in [1.165, 1.54) is 0 Å². The van der Waals surface area contributed by atoms with Crippen LogP contribution in [-0.4, -0.2) is 16.1 Å². The minimum atomic E-state index is -0.168. The Bertz CT molecular complexity index is 505. The minimum absolute atomic E-state index is 0.168. The Labute approximate surface area is 92.7 Å². The predicted octanol–water partition coefficient (Wildman–Crippen LogP) is 1.55. The number of anilines is 2. The molecule has 0 aliphatic heterocycles. The van der Waals surface area contributed by atoms with Crippen molar-refractivity contribution in [2.45, 2.75) is 6.92 Å². The van der Waals surface area contributed by atoms with E-state index in [1.807, 2.05) is 6.92 Å². The summed E-state index contributed by atoms with van der Waals surface area (Å²) in [5, 5.41) is 9.10. The van der Waals surface area contributed by atoms with E-state index in [2.05, 4.69) is 15.5 Å². The Kier molecular flexibility index (Phi) is 2.59. The van der Waals surface area contributed by atoms with Crippen molar-refractivity contribution in [1.29, 1.82) is 0 Å². The van der Waals surface area contributed by atoms with Crippen molar-refractivity contribution in [3.8, 4) is 0 Å². The molecule has 0 aliphatic carbocycles. The summed E-state index contributed by atoms with van der Waals surface area (Å²) in [5.74, 6) is -0.168. The second-order valence-corrected chi connectivity index (χ2v) is 3.52. The standard InChI is InChI=1S/C11H12N4O/c1-7-4-8(12)2-3-10(7)11(16)15-9-5-13-14-6-9/h2-6H,12H2,1H3,(H,13,14)(H,15,16). The van der Waals surface area contributed by atoms with Crippen LogP contribution in [0.1, 0.15) is 15.9 Å². The molecular weight excluding hydrogens is 204 g/mol. The molecule has 0 atom stereocenters. The van der Waals surface area contributed by atoms with Gasteiger partial charge in [-0.2, -0.15) is 5.10 Å². The molecule has 1 amide bonds. The van der Waals surface area contributed by atoms with E-state index in [1.54, 1.807) is 30.6 Å². The van der Waals surface area contributed by atoms with Crippen LogP contribution in [0, 0.1) is 6.92 Å². The molecule has 0 unspecified atom stereocenters. The largest absolute Gasteiger partial charge is 0.399 e. The van der Waals surface area contributed by atoms with E-state index < -0.39 is 0 Å². The number of nitrogens with zero attached hydrogens (tertiary/aromatic N) is 1. The lowest BCUT2D eigenvalue weighted by Gasteiger charge is -2.06. The highest BCUT2D eigenvalue weighted by atomic mass is 16.1. The zero-order valence-corrected chi connectivity index (χ0v) is 8.82. The van der Waals surface area contributed by atoms with Gasteiger partial charge in [-0.3, -0.25) is 9.89 Å². The summed E-state index contributed by atoms with van der Waals surface area (Å²) in [6.07, 6.45) is 3.16. The number of hydrogen-bond acceptors (Lipinski definition) is 3. The Hall–Kier alpha value is -2.30. The highest BCUT2D eigenvalue weighted by Gasteiger charge is 2.09. The van der Waals surface area contributed by atoms with Gasteiger partial charge in [0.05, 0.1) is 11.9 Å². The Balaban J connectivity index is 2.21. The van der Waals surface area contributed by atoms with Crippen LogP contribution in [0.5, 0.6) is 0 Å². The maximum atomic E-state index is 11.9. The summed E-state index contributed by atoms with van der Waals surface area (Å²) in [4.78, 5) is 11.9. The average molecular weight is 216 g/mol. The van der Waals surface area contributed by atoms with Crippen LogP contribution < -0.4 is 11.1 Å². The number of carbonyl (C=O) groups excluding carboxylic acids is 1. The van der Waals surface area contributed by atoms with Gasteiger partial charge in [0.2, 0.25) is 0 Å². The van der Waals surface area contributed by atoms with Crippen molar-refractivity contribution in [3.05, 3.63) is 41.7 Å². The number of H-pyrrole nitrogens is 1. The van der Waals surface area contributed by atoms with E-state index in [4.69, 9.17) is 5.73 Å². The van der Waals surface area contributed by atoms with E-state index in [0.29, 0.717) is 16.9 Å². The molecule has 16 heavy (non-hydrogen) atoms. The lowest BCUT2D eigenvalue weighted by atomic mass is 10.1. The molecule has 0 fully saturated rings. The van der Waals surface area contributed by atoms with Crippen LogP contribution in [0.25, 0.3) is 0 Å². The smallest absolute Gasteiger partial charge is 0.256 e. The topological polar surface area (TPSA) is 83.8 Å². The number of amides is 1. The lowest BCUT2D eigenvalue weighted by Crippen LogP contribution is -2.13. The van der Waals surface area contributed by atoms with Crippen LogP contribution in [0.15, 0.2) is 30.6 Å². The molecule has 0 aliphatic rings. The summed E-state index contributed by atoms with van der Waals surface area (Å²) in [5.41, 5.74) is 8.36. The van der Waals surface area contributed by atoms with Gasteiger partial charge in [-0.05, 0) is 30.7 Å². The molecule has 0 radical (unpaired) electrons. The van der Waals surface area contributed by atoms with Gasteiger partial charge in [-0.25, -0.2) is 0 Å².